The van der Waals surface area contributed by atoms with E-state index in [4.69, 9.17) is 11.6 Å². The maximum atomic E-state index is 12.4. The summed E-state index contributed by atoms with van der Waals surface area (Å²) in [6.45, 7) is 1.56. The molecule has 0 spiro atoms. The van der Waals surface area contributed by atoms with Crippen LogP contribution in [0, 0.1) is 3.57 Å². The zero-order valence-electron chi connectivity index (χ0n) is 9.55. The van der Waals surface area contributed by atoms with Gasteiger partial charge in [0.1, 0.15) is 5.56 Å². The van der Waals surface area contributed by atoms with Gasteiger partial charge in [0, 0.05) is 6.20 Å². The average molecular weight is 410 g/mol. The lowest BCUT2D eigenvalue weighted by atomic mass is 10.2. The Labute approximate surface area is 125 Å². The number of hydrogen-bond donors (Lipinski definition) is 0. The molecule has 9 heteroatoms. The van der Waals surface area contributed by atoms with Gasteiger partial charge < -0.3 is 9.47 Å². The Morgan fingerprint density at radius 2 is 2.16 bits per heavy atom. The second kappa shape index (κ2) is 6.60. The number of pyridine rings is 1. The van der Waals surface area contributed by atoms with Crippen LogP contribution in [0.25, 0.3) is 0 Å². The smallest absolute Gasteiger partial charge is 0.462 e. The van der Waals surface area contributed by atoms with E-state index in [1.807, 2.05) is 0 Å². The van der Waals surface area contributed by atoms with Gasteiger partial charge in [-0.25, -0.2) is 4.79 Å². The van der Waals surface area contributed by atoms with Crippen molar-refractivity contribution in [1.29, 1.82) is 0 Å². The first-order valence-corrected chi connectivity index (χ1v) is 6.57. The highest BCUT2D eigenvalue weighted by atomic mass is 127. The Balaban J connectivity index is 3.30. The van der Waals surface area contributed by atoms with Crippen LogP contribution in [0.2, 0.25) is 0 Å². The van der Waals surface area contributed by atoms with Crippen LogP contribution in [-0.4, -0.2) is 23.9 Å². The summed E-state index contributed by atoms with van der Waals surface area (Å²) >= 11 is 7.14. The standard InChI is InChI=1S/C10H8ClF3INO3/c1-2-18-9(17)5-4-16-6(3-11)7(15)8(5)19-10(12,13)14/h4H,2-3H2,1H3. The van der Waals surface area contributed by atoms with Crippen LogP contribution < -0.4 is 4.74 Å². The molecule has 0 fully saturated rings. The molecule has 0 aliphatic rings. The van der Waals surface area contributed by atoms with Crippen molar-refractivity contribution < 1.29 is 27.4 Å². The predicted molar refractivity (Wildman–Crippen MR) is 69.2 cm³/mol. The molecule has 0 aliphatic carbocycles. The van der Waals surface area contributed by atoms with Gasteiger partial charge in [-0.2, -0.15) is 0 Å². The number of nitrogens with zero attached hydrogens (tertiary/aromatic N) is 1. The molecule has 0 N–H and O–H groups in total. The van der Waals surface area contributed by atoms with Crippen molar-refractivity contribution in [1.82, 2.24) is 4.98 Å². The molecule has 4 nitrogen and oxygen atoms in total. The van der Waals surface area contributed by atoms with Crippen LogP contribution >= 0.6 is 34.2 Å². The van der Waals surface area contributed by atoms with Crippen molar-refractivity contribution in [3.05, 3.63) is 21.0 Å². The fraction of sp³-hybridized carbons (Fsp3) is 0.400. The molecule has 0 bridgehead atoms. The van der Waals surface area contributed by atoms with E-state index >= 15 is 0 Å². The summed E-state index contributed by atoms with van der Waals surface area (Å²) < 4.78 is 45.6. The molecule has 0 saturated carbocycles. The van der Waals surface area contributed by atoms with Gasteiger partial charge in [0.05, 0.1) is 21.8 Å². The molecule has 0 atom stereocenters. The number of rotatable bonds is 4. The molecule has 0 aliphatic heterocycles. The maximum absolute atomic E-state index is 12.4. The highest BCUT2D eigenvalue weighted by molar-refractivity contribution is 14.1. The van der Waals surface area contributed by atoms with E-state index < -0.39 is 23.6 Å². The van der Waals surface area contributed by atoms with Crippen LogP contribution in [0.1, 0.15) is 23.0 Å². The summed E-state index contributed by atoms with van der Waals surface area (Å²) in [5.74, 6) is -1.68. The number of aromatic nitrogens is 1. The Bertz CT molecular complexity index is 482. The summed E-state index contributed by atoms with van der Waals surface area (Å²) in [6.07, 6.45) is -3.97. The lowest BCUT2D eigenvalue weighted by Gasteiger charge is -2.15. The largest absolute Gasteiger partial charge is 0.573 e. The fourth-order valence-electron chi connectivity index (χ4n) is 1.17. The van der Waals surface area contributed by atoms with Crippen LogP contribution in [0.3, 0.4) is 0 Å². The molecule has 1 rings (SSSR count). The highest BCUT2D eigenvalue weighted by Crippen LogP contribution is 2.33. The molecule has 1 aromatic rings. The SMILES string of the molecule is CCOC(=O)c1cnc(CCl)c(I)c1OC(F)(F)F. The van der Waals surface area contributed by atoms with Crippen molar-refractivity contribution in [2.45, 2.75) is 19.2 Å². The summed E-state index contributed by atoms with van der Waals surface area (Å²) in [5, 5.41) is 0. The quantitative estimate of drug-likeness (QED) is 0.434. The Hall–Kier alpha value is -0.770. The average Bonchev–Trinajstić information content (AvgIpc) is 2.30. The van der Waals surface area contributed by atoms with Crippen LogP contribution in [-0.2, 0) is 10.6 Å². The molecule has 0 unspecified atom stereocenters. The summed E-state index contributed by atoms with van der Waals surface area (Å²) in [4.78, 5) is 15.4. The number of alkyl halides is 4. The van der Waals surface area contributed by atoms with E-state index in [-0.39, 0.29) is 21.8 Å². The molecule has 0 aromatic carbocycles. The summed E-state index contributed by atoms with van der Waals surface area (Å²) in [5.41, 5.74) is -0.202. The maximum Gasteiger partial charge on any atom is 0.573 e. The van der Waals surface area contributed by atoms with Gasteiger partial charge in [-0.3, -0.25) is 4.98 Å². The first kappa shape index (κ1) is 16.3. The lowest BCUT2D eigenvalue weighted by molar-refractivity contribution is -0.275. The summed E-state index contributed by atoms with van der Waals surface area (Å²) in [6, 6.07) is 0. The monoisotopic (exact) mass is 409 g/mol. The molecule has 106 valence electrons. The van der Waals surface area contributed by atoms with Crippen molar-refractivity contribution in [3.63, 3.8) is 0 Å². The normalized spacial score (nSPS) is 11.3. The Kier molecular flexibility index (Phi) is 5.65. The predicted octanol–water partition coefficient (Wildman–Crippen LogP) is 3.50. The van der Waals surface area contributed by atoms with E-state index in [1.54, 1.807) is 22.6 Å². The van der Waals surface area contributed by atoms with Crippen LogP contribution in [0.4, 0.5) is 13.2 Å². The first-order valence-electron chi connectivity index (χ1n) is 4.96. The van der Waals surface area contributed by atoms with E-state index in [9.17, 15) is 18.0 Å². The van der Waals surface area contributed by atoms with Gasteiger partial charge >= 0.3 is 12.3 Å². The minimum Gasteiger partial charge on any atom is -0.462 e. The molecule has 0 saturated heterocycles. The van der Waals surface area contributed by atoms with Crippen molar-refractivity contribution in [3.8, 4) is 5.75 Å². The molecule has 19 heavy (non-hydrogen) atoms. The third-order valence-corrected chi connectivity index (χ3v) is 3.25. The number of esters is 1. The van der Waals surface area contributed by atoms with Crippen LogP contribution in [0.5, 0.6) is 5.75 Å². The Morgan fingerprint density at radius 3 is 2.63 bits per heavy atom. The molecular formula is C10H8ClF3INO3. The van der Waals surface area contributed by atoms with E-state index in [2.05, 4.69) is 14.5 Å². The second-order valence-corrected chi connectivity index (χ2v) is 4.51. The van der Waals surface area contributed by atoms with Gasteiger partial charge in [-0.15, -0.1) is 24.8 Å². The molecule has 0 amide bonds. The summed E-state index contributed by atoms with van der Waals surface area (Å²) in [7, 11) is 0. The minimum absolute atomic E-state index is 0.0236. The van der Waals surface area contributed by atoms with Gasteiger partial charge in [0.2, 0.25) is 0 Å². The highest BCUT2D eigenvalue weighted by Gasteiger charge is 2.35. The molecule has 0 radical (unpaired) electrons. The zero-order valence-corrected chi connectivity index (χ0v) is 12.5. The van der Waals surface area contributed by atoms with E-state index in [1.165, 1.54) is 6.92 Å². The van der Waals surface area contributed by atoms with Gasteiger partial charge in [0.15, 0.2) is 5.75 Å². The topological polar surface area (TPSA) is 48.4 Å². The number of halogens is 5. The van der Waals surface area contributed by atoms with Crippen LogP contribution in [0.15, 0.2) is 6.20 Å². The minimum atomic E-state index is -4.92. The van der Waals surface area contributed by atoms with E-state index in [0.29, 0.717) is 0 Å². The van der Waals surface area contributed by atoms with Gasteiger partial charge in [0.25, 0.3) is 0 Å². The fourth-order valence-corrected chi connectivity index (χ4v) is 2.33. The number of hydrogen-bond acceptors (Lipinski definition) is 4. The third kappa shape index (κ3) is 4.37. The van der Waals surface area contributed by atoms with Crippen molar-refractivity contribution >= 4 is 40.2 Å². The molecule has 1 heterocycles. The molecular weight excluding hydrogens is 401 g/mol. The van der Waals surface area contributed by atoms with Crippen molar-refractivity contribution in [2.75, 3.05) is 6.61 Å². The van der Waals surface area contributed by atoms with Gasteiger partial charge in [-0.1, -0.05) is 0 Å². The number of carbonyl (C=O) groups excluding carboxylic acids is 1. The second-order valence-electron chi connectivity index (χ2n) is 3.16. The molecule has 1 aromatic heterocycles. The van der Waals surface area contributed by atoms with Gasteiger partial charge in [-0.05, 0) is 29.5 Å². The van der Waals surface area contributed by atoms with Crippen molar-refractivity contribution in [2.24, 2.45) is 0 Å². The number of ether oxygens (including phenoxy) is 2. The first-order chi connectivity index (χ1) is 8.80. The number of carbonyl (C=O) groups is 1. The third-order valence-electron chi connectivity index (χ3n) is 1.89. The Morgan fingerprint density at radius 1 is 1.53 bits per heavy atom. The zero-order chi connectivity index (χ0) is 14.6. The lowest BCUT2D eigenvalue weighted by Crippen LogP contribution is -2.21. The van der Waals surface area contributed by atoms with E-state index in [0.717, 1.165) is 6.20 Å².